The predicted octanol–water partition coefficient (Wildman–Crippen LogP) is 6.03. The largest absolute Gasteiger partial charge is 0.489 e. The number of aromatic nitrogens is 3. The van der Waals surface area contributed by atoms with E-state index in [0.29, 0.717) is 34.2 Å². The zero-order chi connectivity index (χ0) is 25.5. The molecule has 0 atom stereocenters. The summed E-state index contributed by atoms with van der Waals surface area (Å²) in [5, 5.41) is 7.86. The highest BCUT2D eigenvalue weighted by atomic mass is 35.5. The summed E-state index contributed by atoms with van der Waals surface area (Å²) in [6, 6.07) is 21.5. The van der Waals surface area contributed by atoms with Crippen molar-refractivity contribution in [2.45, 2.75) is 19.4 Å². The van der Waals surface area contributed by atoms with Crippen LogP contribution >= 0.6 is 11.6 Å². The minimum Gasteiger partial charge on any atom is -0.489 e. The number of rotatable bonds is 9. The predicted molar refractivity (Wildman–Crippen MR) is 144 cm³/mol. The molecule has 3 aromatic carbocycles. The van der Waals surface area contributed by atoms with Gasteiger partial charge in [0.2, 0.25) is 17.8 Å². The fourth-order valence-electron chi connectivity index (χ4n) is 3.82. The summed E-state index contributed by atoms with van der Waals surface area (Å²) in [7, 11) is 0. The molecule has 0 radical (unpaired) electrons. The third-order valence-electron chi connectivity index (χ3n) is 5.75. The Morgan fingerprint density at radius 3 is 2.43 bits per heavy atom. The van der Waals surface area contributed by atoms with Crippen LogP contribution in [0.3, 0.4) is 0 Å². The van der Waals surface area contributed by atoms with Gasteiger partial charge in [0.1, 0.15) is 18.2 Å². The third kappa shape index (κ3) is 6.50. The molecule has 1 fully saturated rings. The molecule has 1 aliphatic heterocycles. The van der Waals surface area contributed by atoms with E-state index in [1.54, 1.807) is 30.5 Å². The van der Waals surface area contributed by atoms with Gasteiger partial charge in [-0.3, -0.25) is 0 Å². The van der Waals surface area contributed by atoms with Gasteiger partial charge in [-0.2, -0.15) is 20.1 Å². The summed E-state index contributed by atoms with van der Waals surface area (Å²) >= 11 is 6.06. The molecule has 10 heteroatoms. The van der Waals surface area contributed by atoms with Gasteiger partial charge in [0, 0.05) is 24.3 Å². The Balaban J connectivity index is 1.24. The Hall–Kier alpha value is -4.24. The van der Waals surface area contributed by atoms with Crippen molar-refractivity contribution in [2.24, 2.45) is 5.10 Å². The standard InChI is InChI=1S/C27H25ClFN7O/c28-23-9-6-10-24(29)22(23)18-37-21-13-11-19(12-14-21)17-30-35-26-32-25(31-20-7-2-1-3-8-20)33-27(34-26)36-15-4-5-16-36/h1-3,6-14,17H,4-5,15-16,18H2,(H2,31,32,33,34,35)/b30-17+. The first-order valence-corrected chi connectivity index (χ1v) is 12.3. The van der Waals surface area contributed by atoms with Gasteiger partial charge in [-0.15, -0.1) is 0 Å². The van der Waals surface area contributed by atoms with Crippen molar-refractivity contribution in [3.05, 3.63) is 94.8 Å². The lowest BCUT2D eigenvalue weighted by molar-refractivity contribution is 0.300. The average molecular weight is 518 g/mol. The van der Waals surface area contributed by atoms with Crippen molar-refractivity contribution in [3.8, 4) is 5.75 Å². The Morgan fingerprint density at radius 2 is 1.68 bits per heavy atom. The van der Waals surface area contributed by atoms with Crippen LogP contribution in [0.15, 0.2) is 77.9 Å². The highest BCUT2D eigenvalue weighted by Gasteiger charge is 2.17. The normalized spacial score (nSPS) is 13.2. The molecule has 5 rings (SSSR count). The molecule has 1 aliphatic rings. The van der Waals surface area contributed by atoms with Gasteiger partial charge in [0.15, 0.2) is 0 Å². The van der Waals surface area contributed by atoms with Crippen LogP contribution in [0.5, 0.6) is 5.75 Å². The summed E-state index contributed by atoms with van der Waals surface area (Å²) in [6.07, 6.45) is 3.88. The first-order valence-electron chi connectivity index (χ1n) is 11.9. The van der Waals surface area contributed by atoms with Crippen molar-refractivity contribution in [1.82, 2.24) is 15.0 Å². The summed E-state index contributed by atoms with van der Waals surface area (Å²) in [5.41, 5.74) is 4.95. The third-order valence-corrected chi connectivity index (χ3v) is 6.10. The van der Waals surface area contributed by atoms with Gasteiger partial charge in [0.05, 0.1) is 11.2 Å². The van der Waals surface area contributed by atoms with Crippen LogP contribution in [-0.4, -0.2) is 34.3 Å². The molecule has 2 N–H and O–H groups in total. The molecule has 8 nitrogen and oxygen atoms in total. The van der Waals surface area contributed by atoms with Gasteiger partial charge >= 0.3 is 0 Å². The average Bonchev–Trinajstić information content (AvgIpc) is 3.45. The summed E-state index contributed by atoms with van der Waals surface area (Å²) < 4.78 is 19.6. The van der Waals surface area contributed by atoms with Crippen LogP contribution in [0.2, 0.25) is 5.02 Å². The van der Waals surface area contributed by atoms with Crippen molar-refractivity contribution >= 4 is 41.3 Å². The fraction of sp³-hybridized carbons (Fsp3) is 0.185. The molecule has 1 saturated heterocycles. The van der Waals surface area contributed by atoms with E-state index in [2.05, 4.69) is 35.7 Å². The fourth-order valence-corrected chi connectivity index (χ4v) is 4.04. The molecule has 188 valence electrons. The number of halogens is 2. The molecule has 1 aromatic heterocycles. The van der Waals surface area contributed by atoms with Crippen molar-refractivity contribution in [2.75, 3.05) is 28.7 Å². The van der Waals surface area contributed by atoms with Crippen LogP contribution in [0, 0.1) is 5.82 Å². The molecule has 0 unspecified atom stereocenters. The topological polar surface area (TPSA) is 87.6 Å². The van der Waals surface area contributed by atoms with E-state index >= 15 is 0 Å². The highest BCUT2D eigenvalue weighted by molar-refractivity contribution is 6.31. The monoisotopic (exact) mass is 517 g/mol. The SMILES string of the molecule is Fc1cccc(Cl)c1COc1ccc(/C=N/Nc2nc(Nc3ccccc3)nc(N3CCCC3)n2)cc1. The molecule has 0 aliphatic carbocycles. The number of ether oxygens (including phenoxy) is 1. The van der Waals surface area contributed by atoms with Gasteiger partial charge in [-0.1, -0.05) is 35.9 Å². The van der Waals surface area contributed by atoms with Gasteiger partial charge in [-0.25, -0.2) is 9.82 Å². The number of para-hydroxylation sites is 1. The number of benzene rings is 3. The molecule has 37 heavy (non-hydrogen) atoms. The van der Waals surface area contributed by atoms with E-state index in [0.717, 1.165) is 37.2 Å². The second-order valence-corrected chi connectivity index (χ2v) is 8.80. The Kier molecular flexibility index (Phi) is 7.71. The van der Waals surface area contributed by atoms with E-state index in [-0.39, 0.29) is 6.61 Å². The van der Waals surface area contributed by atoms with Crippen molar-refractivity contribution < 1.29 is 9.13 Å². The van der Waals surface area contributed by atoms with Crippen LogP contribution in [0.1, 0.15) is 24.0 Å². The molecule has 0 bridgehead atoms. The number of hydrogen-bond acceptors (Lipinski definition) is 8. The second kappa shape index (κ2) is 11.7. The van der Waals surface area contributed by atoms with E-state index in [1.807, 2.05) is 42.5 Å². The van der Waals surface area contributed by atoms with Gasteiger partial charge in [-0.05, 0) is 66.9 Å². The first kappa shape index (κ1) is 24.5. The highest BCUT2D eigenvalue weighted by Crippen LogP contribution is 2.22. The summed E-state index contributed by atoms with van der Waals surface area (Å²) in [6.45, 7) is 1.86. The lowest BCUT2D eigenvalue weighted by Gasteiger charge is -2.16. The van der Waals surface area contributed by atoms with Gasteiger partial charge in [0.25, 0.3) is 0 Å². The molecular formula is C27H25ClFN7O. The molecule has 0 saturated carbocycles. The van der Waals surface area contributed by atoms with Gasteiger partial charge < -0.3 is 15.0 Å². The van der Waals surface area contributed by atoms with E-state index < -0.39 is 5.82 Å². The van der Waals surface area contributed by atoms with Crippen LogP contribution < -0.4 is 20.4 Å². The smallest absolute Gasteiger partial charge is 0.250 e. The van der Waals surface area contributed by atoms with Crippen LogP contribution in [0.4, 0.5) is 27.9 Å². The van der Waals surface area contributed by atoms with Crippen molar-refractivity contribution in [3.63, 3.8) is 0 Å². The maximum absolute atomic E-state index is 13.9. The zero-order valence-corrected chi connectivity index (χ0v) is 20.7. The Morgan fingerprint density at radius 1 is 0.919 bits per heavy atom. The van der Waals surface area contributed by atoms with Crippen LogP contribution in [-0.2, 0) is 6.61 Å². The quantitative estimate of drug-likeness (QED) is 0.207. The van der Waals surface area contributed by atoms with Crippen LogP contribution in [0.25, 0.3) is 0 Å². The molecule has 0 amide bonds. The van der Waals surface area contributed by atoms with E-state index in [9.17, 15) is 4.39 Å². The minimum absolute atomic E-state index is 0.0403. The number of anilines is 4. The van der Waals surface area contributed by atoms with Crippen molar-refractivity contribution in [1.29, 1.82) is 0 Å². The molecule has 0 spiro atoms. The van der Waals surface area contributed by atoms with E-state index in [1.165, 1.54) is 6.07 Å². The maximum atomic E-state index is 13.9. The van der Waals surface area contributed by atoms with E-state index in [4.69, 9.17) is 16.3 Å². The number of nitrogens with zero attached hydrogens (tertiary/aromatic N) is 5. The molecular weight excluding hydrogens is 493 g/mol. The summed E-state index contributed by atoms with van der Waals surface area (Å²) in [4.78, 5) is 15.7. The first-order chi connectivity index (χ1) is 18.1. The second-order valence-electron chi connectivity index (χ2n) is 8.40. The number of nitrogens with one attached hydrogen (secondary N) is 2. The lowest BCUT2D eigenvalue weighted by atomic mass is 10.2. The minimum atomic E-state index is -0.393. The Labute approximate surface area is 219 Å². The Bertz CT molecular complexity index is 1340. The lowest BCUT2D eigenvalue weighted by Crippen LogP contribution is -2.21. The zero-order valence-electron chi connectivity index (χ0n) is 19.9. The number of hydrogen-bond donors (Lipinski definition) is 2. The molecule has 4 aromatic rings. The summed E-state index contributed by atoms with van der Waals surface area (Å²) in [5.74, 6) is 1.59. The molecule has 2 heterocycles. The maximum Gasteiger partial charge on any atom is 0.250 e. The number of hydrazone groups is 1.